The molecule has 36 heavy (non-hydrogen) atoms. The third-order valence-corrected chi connectivity index (χ3v) is 5.41. The van der Waals surface area contributed by atoms with E-state index in [1.807, 2.05) is 30.3 Å². The van der Waals surface area contributed by atoms with Crippen LogP contribution in [-0.4, -0.2) is 70.1 Å². The van der Waals surface area contributed by atoms with Gasteiger partial charge in [0.25, 0.3) is 5.91 Å². The number of carbonyl (C=O) groups is 4. The van der Waals surface area contributed by atoms with Crippen LogP contribution >= 0.6 is 34.8 Å². The number of nitrogens with zero attached hydrogens (tertiary/aromatic N) is 1. The first-order valence-electron chi connectivity index (χ1n) is 11.5. The average molecular weight is 566 g/mol. The largest absolute Gasteiger partial charge is 0.460 e. The molecule has 1 aromatic carbocycles. The van der Waals surface area contributed by atoms with E-state index in [1.54, 1.807) is 13.8 Å². The fourth-order valence-electron chi connectivity index (χ4n) is 3.43. The van der Waals surface area contributed by atoms with Crippen LogP contribution < -0.4 is 16.1 Å². The Kier molecular flexibility index (Phi) is 11.5. The second kappa shape index (κ2) is 13.9. The summed E-state index contributed by atoms with van der Waals surface area (Å²) in [4.78, 5) is 50.5. The normalized spacial score (nSPS) is 17.6. The molecule has 1 aromatic rings. The van der Waals surface area contributed by atoms with E-state index >= 15 is 0 Å². The predicted octanol–water partition coefficient (Wildman–Crippen LogP) is 2.65. The molecule has 1 aliphatic heterocycles. The van der Waals surface area contributed by atoms with E-state index in [1.165, 1.54) is 11.9 Å². The number of hydrazine groups is 1. The molecule has 0 saturated carbocycles. The zero-order chi connectivity index (χ0) is 26.9. The van der Waals surface area contributed by atoms with Crippen molar-refractivity contribution in [1.29, 1.82) is 0 Å². The van der Waals surface area contributed by atoms with Crippen LogP contribution in [0.4, 0.5) is 4.79 Å². The van der Waals surface area contributed by atoms with Crippen molar-refractivity contribution in [2.45, 2.75) is 68.1 Å². The third kappa shape index (κ3) is 10.4. The van der Waals surface area contributed by atoms with Gasteiger partial charge in [-0.1, -0.05) is 65.1 Å². The lowest BCUT2D eigenvalue weighted by atomic mass is 10.0. The molecule has 0 radical (unpaired) electrons. The second-order valence-corrected chi connectivity index (χ2v) is 11.1. The number of benzene rings is 1. The van der Waals surface area contributed by atoms with Crippen molar-refractivity contribution in [3.8, 4) is 0 Å². The molecule has 2 rings (SSSR count). The fraction of sp³-hybridized carbons (Fsp3) is 0.565. The summed E-state index contributed by atoms with van der Waals surface area (Å²) in [6.45, 7) is 4.79. The molecule has 1 fully saturated rings. The molecule has 1 heterocycles. The van der Waals surface area contributed by atoms with Gasteiger partial charge in [0, 0.05) is 13.0 Å². The van der Waals surface area contributed by atoms with Crippen molar-refractivity contribution in [2.75, 3.05) is 13.2 Å². The van der Waals surface area contributed by atoms with Gasteiger partial charge in [-0.05, 0) is 39.2 Å². The third-order valence-electron chi connectivity index (χ3n) is 5.08. The molecular weight excluding hydrogens is 535 g/mol. The maximum absolute atomic E-state index is 13.0. The van der Waals surface area contributed by atoms with Crippen LogP contribution in [0.5, 0.6) is 0 Å². The first-order valence-corrected chi connectivity index (χ1v) is 12.6. The number of ether oxygens (including phenoxy) is 2. The Morgan fingerprint density at radius 2 is 1.78 bits per heavy atom. The molecule has 1 aliphatic rings. The van der Waals surface area contributed by atoms with Crippen LogP contribution in [0.15, 0.2) is 30.3 Å². The number of hydrogen-bond donors (Lipinski definition) is 3. The lowest BCUT2D eigenvalue weighted by Crippen LogP contribution is -2.60. The zero-order valence-corrected chi connectivity index (χ0v) is 22.5. The minimum atomic E-state index is -1.75. The summed E-state index contributed by atoms with van der Waals surface area (Å²) in [7, 11) is 0. The summed E-state index contributed by atoms with van der Waals surface area (Å²) in [6, 6.07) is 6.38. The quantitative estimate of drug-likeness (QED) is 0.310. The van der Waals surface area contributed by atoms with Crippen molar-refractivity contribution in [2.24, 2.45) is 0 Å². The summed E-state index contributed by atoms with van der Waals surface area (Å²) in [5, 5.41) is 6.45. The van der Waals surface area contributed by atoms with Crippen molar-refractivity contribution in [3.63, 3.8) is 0 Å². The van der Waals surface area contributed by atoms with Gasteiger partial charge < -0.3 is 20.1 Å². The van der Waals surface area contributed by atoms with Crippen LogP contribution in [0.25, 0.3) is 0 Å². The molecule has 10 nitrogen and oxygen atoms in total. The first-order chi connectivity index (χ1) is 16.9. The second-order valence-electron chi connectivity index (χ2n) is 8.61. The summed E-state index contributed by atoms with van der Waals surface area (Å²) >= 11 is 16.8. The van der Waals surface area contributed by atoms with E-state index in [9.17, 15) is 19.2 Å². The summed E-state index contributed by atoms with van der Waals surface area (Å²) in [5.74, 6) is -1.69. The highest BCUT2D eigenvalue weighted by Crippen LogP contribution is 2.26. The monoisotopic (exact) mass is 564 g/mol. The fourth-order valence-corrected chi connectivity index (χ4v) is 3.59. The Hall–Kier alpha value is -2.27. The van der Waals surface area contributed by atoms with E-state index in [0.717, 1.165) is 5.56 Å². The summed E-state index contributed by atoms with van der Waals surface area (Å²) in [6.07, 6.45) is 0.0236. The summed E-state index contributed by atoms with van der Waals surface area (Å²) < 4.78 is 8.36. The van der Waals surface area contributed by atoms with Crippen molar-refractivity contribution in [1.82, 2.24) is 21.1 Å². The van der Waals surface area contributed by atoms with Crippen molar-refractivity contribution >= 4 is 58.7 Å². The smallest absolute Gasteiger partial charge is 0.408 e. The highest BCUT2D eigenvalue weighted by atomic mass is 35.6. The van der Waals surface area contributed by atoms with Gasteiger partial charge in [-0.25, -0.2) is 10.2 Å². The topological polar surface area (TPSA) is 126 Å². The molecular formula is C23H31Cl3N4O6. The number of rotatable bonds is 9. The Morgan fingerprint density at radius 1 is 1.11 bits per heavy atom. The van der Waals surface area contributed by atoms with E-state index in [0.29, 0.717) is 19.4 Å². The van der Waals surface area contributed by atoms with E-state index in [4.69, 9.17) is 44.3 Å². The average Bonchev–Trinajstić information content (AvgIpc) is 2.81. The number of alkyl halides is 3. The summed E-state index contributed by atoms with van der Waals surface area (Å²) in [5.41, 5.74) is 3.62. The van der Waals surface area contributed by atoms with Crippen LogP contribution in [0, 0.1) is 0 Å². The molecule has 0 aliphatic carbocycles. The standard InChI is InChI=1S/C23H31Cl3N4O6/c1-14(2)36-22(34)28-18(12-16-8-5-4-6-9-16)19(31)27-15(3)20(32)30-11-7-10-17(29-30)21(33)35-13-23(24,25)26/h4-6,8-9,14-15,17-18,29H,7,10-13H2,1-3H3,(H,27,31)(H,28,34). The van der Waals surface area contributed by atoms with Gasteiger partial charge >= 0.3 is 12.1 Å². The van der Waals surface area contributed by atoms with E-state index in [-0.39, 0.29) is 12.5 Å². The lowest BCUT2D eigenvalue weighted by Gasteiger charge is -2.34. The number of amides is 3. The number of hydrogen-bond acceptors (Lipinski definition) is 7. The molecule has 13 heteroatoms. The molecule has 3 N–H and O–H groups in total. The molecule has 3 atom stereocenters. The lowest BCUT2D eigenvalue weighted by molar-refractivity contribution is -0.152. The Bertz CT molecular complexity index is 913. The molecule has 1 saturated heterocycles. The van der Waals surface area contributed by atoms with Gasteiger partial charge in [-0.3, -0.25) is 19.4 Å². The van der Waals surface area contributed by atoms with Crippen LogP contribution in [0.1, 0.15) is 39.2 Å². The Morgan fingerprint density at radius 3 is 2.39 bits per heavy atom. The predicted molar refractivity (Wildman–Crippen MR) is 135 cm³/mol. The number of nitrogens with one attached hydrogen (secondary N) is 3. The maximum atomic E-state index is 13.0. The van der Waals surface area contributed by atoms with Crippen molar-refractivity contribution < 1.29 is 28.7 Å². The van der Waals surface area contributed by atoms with Gasteiger partial charge in [-0.2, -0.15) is 0 Å². The van der Waals surface area contributed by atoms with Gasteiger partial charge in [0.05, 0.1) is 6.10 Å². The van der Waals surface area contributed by atoms with Crippen LogP contribution in [0.3, 0.4) is 0 Å². The number of esters is 1. The van der Waals surface area contributed by atoms with Crippen molar-refractivity contribution in [3.05, 3.63) is 35.9 Å². The maximum Gasteiger partial charge on any atom is 0.408 e. The molecule has 200 valence electrons. The van der Waals surface area contributed by atoms with Gasteiger partial charge in [0.2, 0.25) is 9.70 Å². The van der Waals surface area contributed by atoms with Gasteiger partial charge in [0.15, 0.2) is 0 Å². The molecule has 0 spiro atoms. The minimum Gasteiger partial charge on any atom is -0.460 e. The first kappa shape index (κ1) is 30.0. The molecule has 0 aromatic heterocycles. The SMILES string of the molecule is CC(C)OC(=O)NC(Cc1ccccc1)C(=O)NC(C)C(=O)N1CCCC(C(=O)OCC(Cl)(Cl)Cl)N1. The highest BCUT2D eigenvalue weighted by Gasteiger charge is 2.34. The number of alkyl carbamates (subject to hydrolysis) is 1. The molecule has 0 bridgehead atoms. The Labute approximate surface area is 225 Å². The molecule has 3 unspecified atom stereocenters. The number of carbonyl (C=O) groups excluding carboxylic acids is 4. The highest BCUT2D eigenvalue weighted by molar-refractivity contribution is 6.67. The van der Waals surface area contributed by atoms with Gasteiger partial charge in [0.1, 0.15) is 24.7 Å². The van der Waals surface area contributed by atoms with E-state index < -0.39 is 52.4 Å². The zero-order valence-electron chi connectivity index (χ0n) is 20.3. The van der Waals surface area contributed by atoms with Crippen LogP contribution in [0.2, 0.25) is 0 Å². The van der Waals surface area contributed by atoms with Crippen LogP contribution in [-0.2, 0) is 30.3 Å². The Balaban J connectivity index is 2.00. The number of halogens is 3. The minimum absolute atomic E-state index is 0.194. The van der Waals surface area contributed by atoms with E-state index in [2.05, 4.69) is 16.1 Å². The molecule has 3 amide bonds. The van der Waals surface area contributed by atoms with Gasteiger partial charge in [-0.15, -0.1) is 0 Å².